The zero-order valence-electron chi connectivity index (χ0n) is 8.74. The monoisotopic (exact) mass is 203 g/mol. The molecule has 5 heteroatoms. The highest BCUT2D eigenvalue weighted by Gasteiger charge is 2.37. The summed E-state index contributed by atoms with van der Waals surface area (Å²) in [6.45, 7) is 3.65. The number of hydrogen-bond donors (Lipinski definition) is 2. The van der Waals surface area contributed by atoms with Gasteiger partial charge in [-0.15, -0.1) is 0 Å². The standard InChI is InChI=1S/C9H17NO4/c1-6(2)4-9(13,8(10)12)5-7(11)14-3/h6,13H,4-5H2,1-3H3,(H2,10,12). The fourth-order valence-corrected chi connectivity index (χ4v) is 1.25. The zero-order chi connectivity index (χ0) is 11.4. The number of nitrogens with two attached hydrogens (primary N) is 1. The van der Waals surface area contributed by atoms with E-state index >= 15 is 0 Å². The van der Waals surface area contributed by atoms with Crippen LogP contribution in [-0.2, 0) is 14.3 Å². The highest BCUT2D eigenvalue weighted by Crippen LogP contribution is 2.20. The van der Waals surface area contributed by atoms with Crippen molar-refractivity contribution in [1.82, 2.24) is 0 Å². The van der Waals surface area contributed by atoms with Crippen LogP contribution in [-0.4, -0.2) is 29.7 Å². The predicted molar refractivity (Wildman–Crippen MR) is 50.2 cm³/mol. The fraction of sp³-hybridized carbons (Fsp3) is 0.778. The van der Waals surface area contributed by atoms with E-state index in [1.165, 1.54) is 7.11 Å². The summed E-state index contributed by atoms with van der Waals surface area (Å²) in [5.41, 5.74) is 3.24. The first-order chi connectivity index (χ1) is 6.31. The van der Waals surface area contributed by atoms with Crippen molar-refractivity contribution in [2.24, 2.45) is 11.7 Å². The number of primary amides is 1. The molecule has 1 atom stereocenters. The van der Waals surface area contributed by atoms with Gasteiger partial charge < -0.3 is 15.6 Å². The van der Waals surface area contributed by atoms with E-state index in [0.29, 0.717) is 0 Å². The first-order valence-electron chi connectivity index (χ1n) is 4.41. The smallest absolute Gasteiger partial charge is 0.308 e. The van der Waals surface area contributed by atoms with Crippen LogP contribution >= 0.6 is 0 Å². The van der Waals surface area contributed by atoms with Crippen LogP contribution < -0.4 is 5.73 Å². The first-order valence-corrected chi connectivity index (χ1v) is 4.41. The van der Waals surface area contributed by atoms with Crippen molar-refractivity contribution in [1.29, 1.82) is 0 Å². The van der Waals surface area contributed by atoms with Gasteiger partial charge in [-0.3, -0.25) is 9.59 Å². The molecule has 0 bridgehead atoms. The van der Waals surface area contributed by atoms with Gasteiger partial charge in [0.05, 0.1) is 13.5 Å². The van der Waals surface area contributed by atoms with Gasteiger partial charge in [-0.05, 0) is 12.3 Å². The van der Waals surface area contributed by atoms with Crippen molar-refractivity contribution < 1.29 is 19.4 Å². The molecule has 0 radical (unpaired) electrons. The fourth-order valence-electron chi connectivity index (χ4n) is 1.25. The molecule has 1 unspecified atom stereocenters. The van der Waals surface area contributed by atoms with E-state index < -0.39 is 23.9 Å². The van der Waals surface area contributed by atoms with E-state index in [-0.39, 0.29) is 12.3 Å². The quantitative estimate of drug-likeness (QED) is 0.606. The number of carbonyl (C=O) groups is 2. The topological polar surface area (TPSA) is 89.6 Å². The largest absolute Gasteiger partial charge is 0.469 e. The molecular formula is C9H17NO4. The number of ether oxygens (including phenoxy) is 1. The SMILES string of the molecule is COC(=O)CC(O)(CC(C)C)C(N)=O. The van der Waals surface area contributed by atoms with Gasteiger partial charge in [0.25, 0.3) is 0 Å². The lowest BCUT2D eigenvalue weighted by Gasteiger charge is -2.24. The third-order valence-electron chi connectivity index (χ3n) is 1.87. The van der Waals surface area contributed by atoms with Gasteiger partial charge >= 0.3 is 5.97 Å². The second-order valence-electron chi connectivity index (χ2n) is 3.75. The molecule has 0 aromatic carbocycles. The van der Waals surface area contributed by atoms with Crippen molar-refractivity contribution in [3.05, 3.63) is 0 Å². The lowest BCUT2D eigenvalue weighted by atomic mass is 9.89. The molecule has 5 nitrogen and oxygen atoms in total. The molecular weight excluding hydrogens is 186 g/mol. The Bertz CT molecular complexity index is 227. The van der Waals surface area contributed by atoms with Gasteiger partial charge in [0.15, 0.2) is 5.60 Å². The van der Waals surface area contributed by atoms with Crippen molar-refractivity contribution in [2.45, 2.75) is 32.3 Å². The summed E-state index contributed by atoms with van der Waals surface area (Å²) < 4.78 is 4.37. The molecule has 14 heavy (non-hydrogen) atoms. The summed E-state index contributed by atoms with van der Waals surface area (Å²) in [4.78, 5) is 21.9. The lowest BCUT2D eigenvalue weighted by Crippen LogP contribution is -2.46. The normalized spacial score (nSPS) is 14.9. The molecule has 82 valence electrons. The van der Waals surface area contributed by atoms with Crippen molar-refractivity contribution in [3.8, 4) is 0 Å². The van der Waals surface area contributed by atoms with E-state index in [1.807, 2.05) is 13.8 Å². The Kier molecular flexibility index (Phi) is 4.56. The maximum absolute atomic E-state index is 11.0. The van der Waals surface area contributed by atoms with Crippen LogP contribution in [0.2, 0.25) is 0 Å². The second kappa shape index (κ2) is 4.95. The maximum Gasteiger partial charge on any atom is 0.308 e. The lowest BCUT2D eigenvalue weighted by molar-refractivity contribution is -0.154. The van der Waals surface area contributed by atoms with E-state index in [2.05, 4.69) is 4.74 Å². The third kappa shape index (κ3) is 3.74. The van der Waals surface area contributed by atoms with Gasteiger partial charge in [-0.1, -0.05) is 13.8 Å². The molecule has 0 aliphatic carbocycles. The minimum atomic E-state index is -1.79. The molecule has 0 saturated heterocycles. The predicted octanol–water partition coefficient (Wildman–Crippen LogP) is -0.188. The average molecular weight is 203 g/mol. The Morgan fingerprint density at radius 1 is 1.50 bits per heavy atom. The first kappa shape index (κ1) is 12.9. The number of carbonyl (C=O) groups excluding carboxylic acids is 2. The summed E-state index contributed by atoms with van der Waals surface area (Å²) in [6.07, 6.45) is -0.242. The number of esters is 1. The number of amides is 1. The van der Waals surface area contributed by atoms with E-state index in [0.717, 1.165) is 0 Å². The van der Waals surface area contributed by atoms with Crippen LogP contribution in [0.3, 0.4) is 0 Å². The summed E-state index contributed by atoms with van der Waals surface area (Å²) >= 11 is 0. The number of rotatable bonds is 5. The summed E-state index contributed by atoms with van der Waals surface area (Å²) in [6, 6.07) is 0. The van der Waals surface area contributed by atoms with Crippen molar-refractivity contribution >= 4 is 11.9 Å². The Morgan fingerprint density at radius 3 is 2.29 bits per heavy atom. The molecule has 0 aromatic rings. The average Bonchev–Trinajstić information content (AvgIpc) is 2.02. The minimum absolute atomic E-state index is 0.0668. The Hall–Kier alpha value is -1.10. The molecule has 0 rings (SSSR count). The van der Waals surface area contributed by atoms with Crippen LogP contribution in [0, 0.1) is 5.92 Å². The van der Waals surface area contributed by atoms with Crippen LogP contribution in [0.25, 0.3) is 0 Å². The van der Waals surface area contributed by atoms with Crippen LogP contribution in [0.5, 0.6) is 0 Å². The molecule has 0 spiro atoms. The number of methoxy groups -OCH3 is 1. The molecule has 0 aromatic heterocycles. The van der Waals surface area contributed by atoms with Crippen LogP contribution in [0.15, 0.2) is 0 Å². The molecule has 1 amide bonds. The molecule has 0 aliphatic rings. The highest BCUT2D eigenvalue weighted by atomic mass is 16.5. The van der Waals surface area contributed by atoms with Gasteiger partial charge in [0.1, 0.15) is 0 Å². The summed E-state index contributed by atoms with van der Waals surface area (Å²) in [5.74, 6) is -1.47. The number of aliphatic hydroxyl groups is 1. The van der Waals surface area contributed by atoms with Gasteiger partial charge in [-0.25, -0.2) is 0 Å². The summed E-state index contributed by atoms with van der Waals surface area (Å²) in [5, 5.41) is 9.79. The molecule has 0 aliphatic heterocycles. The van der Waals surface area contributed by atoms with Gasteiger partial charge in [-0.2, -0.15) is 0 Å². The minimum Gasteiger partial charge on any atom is -0.469 e. The maximum atomic E-state index is 11.0. The van der Waals surface area contributed by atoms with E-state index in [9.17, 15) is 14.7 Å². The summed E-state index contributed by atoms with van der Waals surface area (Å²) in [7, 11) is 1.19. The van der Waals surface area contributed by atoms with Crippen molar-refractivity contribution in [2.75, 3.05) is 7.11 Å². The van der Waals surface area contributed by atoms with Crippen LogP contribution in [0.1, 0.15) is 26.7 Å². The van der Waals surface area contributed by atoms with E-state index in [1.54, 1.807) is 0 Å². The Morgan fingerprint density at radius 2 is 2.00 bits per heavy atom. The Balaban J connectivity index is 4.55. The van der Waals surface area contributed by atoms with Gasteiger partial charge in [0.2, 0.25) is 5.91 Å². The Labute approximate surface area is 83.2 Å². The van der Waals surface area contributed by atoms with E-state index in [4.69, 9.17) is 5.73 Å². The van der Waals surface area contributed by atoms with Crippen LogP contribution in [0.4, 0.5) is 0 Å². The number of hydrogen-bond acceptors (Lipinski definition) is 4. The third-order valence-corrected chi connectivity index (χ3v) is 1.87. The molecule has 3 N–H and O–H groups in total. The second-order valence-corrected chi connectivity index (χ2v) is 3.75. The van der Waals surface area contributed by atoms with Crippen molar-refractivity contribution in [3.63, 3.8) is 0 Å². The molecule has 0 fully saturated rings. The zero-order valence-corrected chi connectivity index (χ0v) is 8.74. The van der Waals surface area contributed by atoms with Gasteiger partial charge in [0, 0.05) is 0 Å². The molecule has 0 saturated carbocycles. The highest BCUT2D eigenvalue weighted by molar-refractivity contribution is 5.88. The molecule has 0 heterocycles.